The molecule has 0 aromatic heterocycles. The van der Waals surface area contributed by atoms with Crippen molar-refractivity contribution < 1.29 is 9.16 Å². The first-order valence-corrected chi connectivity index (χ1v) is 13.5. The molecule has 28 heavy (non-hydrogen) atoms. The molecular formula is C24H34O2SSi. The minimum absolute atomic E-state index is 0.0660. The Morgan fingerprint density at radius 1 is 0.857 bits per heavy atom. The van der Waals surface area contributed by atoms with Gasteiger partial charge in [0.15, 0.2) is 0 Å². The van der Waals surface area contributed by atoms with Crippen LogP contribution >= 0.6 is 11.8 Å². The molecule has 0 N–H and O–H groups in total. The normalized spacial score (nSPS) is 19.6. The summed E-state index contributed by atoms with van der Waals surface area (Å²) in [5.74, 6) is 1.99. The number of hydrogen-bond donors (Lipinski definition) is 0. The molecular weight excluding hydrogens is 380 g/mol. The minimum atomic E-state index is -1.92. The topological polar surface area (TPSA) is 18.5 Å². The van der Waals surface area contributed by atoms with Crippen LogP contribution in [0.5, 0.6) is 11.5 Å². The van der Waals surface area contributed by atoms with Crippen LogP contribution in [0.3, 0.4) is 0 Å². The lowest BCUT2D eigenvalue weighted by atomic mass is 10.1. The van der Waals surface area contributed by atoms with Gasteiger partial charge < -0.3 is 9.16 Å². The van der Waals surface area contributed by atoms with Crippen LogP contribution in [-0.4, -0.2) is 13.6 Å². The molecule has 1 aliphatic heterocycles. The Bertz CT molecular complexity index is 764. The Hall–Kier alpha value is -1.39. The van der Waals surface area contributed by atoms with Crippen molar-refractivity contribution in [2.75, 3.05) is 0 Å². The van der Waals surface area contributed by atoms with Gasteiger partial charge in [-0.15, -0.1) is 11.8 Å². The smallest absolute Gasteiger partial charge is 0.258 e. The molecule has 0 radical (unpaired) electrons. The molecule has 2 atom stereocenters. The summed E-state index contributed by atoms with van der Waals surface area (Å²) in [5.41, 5.74) is 2.93. The van der Waals surface area contributed by atoms with E-state index in [0.29, 0.717) is 21.9 Å². The van der Waals surface area contributed by atoms with Gasteiger partial charge in [-0.3, -0.25) is 0 Å². The van der Waals surface area contributed by atoms with Crippen molar-refractivity contribution in [2.45, 2.75) is 81.3 Å². The molecule has 2 unspecified atom stereocenters. The largest absolute Gasteiger partial charge is 0.543 e. The fraction of sp³-hybridized carbons (Fsp3) is 0.500. The molecule has 2 aromatic rings. The lowest BCUT2D eigenvalue weighted by Crippen LogP contribution is -2.50. The Labute approximate surface area is 176 Å². The van der Waals surface area contributed by atoms with E-state index in [0.717, 1.165) is 11.5 Å². The standard InChI is InChI=1S/C24H34O2SSi/c1-16(2)28(17(3)4,18(5)6)26-21-14-12-20(13-15-21)24-19(7)27-23-11-9-8-10-22(23)25-24/h8-19,24H,1-7H3. The van der Waals surface area contributed by atoms with E-state index in [4.69, 9.17) is 9.16 Å². The van der Waals surface area contributed by atoms with Crippen molar-refractivity contribution in [1.29, 1.82) is 0 Å². The lowest BCUT2D eigenvalue weighted by Gasteiger charge is -2.42. The number of hydrogen-bond acceptors (Lipinski definition) is 3. The van der Waals surface area contributed by atoms with E-state index >= 15 is 0 Å². The minimum Gasteiger partial charge on any atom is -0.543 e. The molecule has 0 aliphatic carbocycles. The number of para-hydroxylation sites is 1. The van der Waals surface area contributed by atoms with E-state index in [1.54, 1.807) is 0 Å². The van der Waals surface area contributed by atoms with Crippen LogP contribution in [-0.2, 0) is 0 Å². The highest BCUT2D eigenvalue weighted by atomic mass is 32.2. The molecule has 0 saturated heterocycles. The third-order valence-corrected chi connectivity index (χ3v) is 13.3. The molecule has 0 amide bonds. The second-order valence-corrected chi connectivity index (χ2v) is 15.6. The Balaban J connectivity index is 1.82. The van der Waals surface area contributed by atoms with Gasteiger partial charge in [0, 0.05) is 10.1 Å². The fourth-order valence-corrected chi connectivity index (χ4v) is 11.1. The van der Waals surface area contributed by atoms with Gasteiger partial charge >= 0.3 is 0 Å². The maximum absolute atomic E-state index is 6.80. The van der Waals surface area contributed by atoms with Crippen molar-refractivity contribution in [3.63, 3.8) is 0 Å². The third kappa shape index (κ3) is 3.99. The molecule has 0 spiro atoms. The van der Waals surface area contributed by atoms with E-state index in [2.05, 4.69) is 90.9 Å². The fourth-order valence-electron chi connectivity index (χ4n) is 4.76. The van der Waals surface area contributed by atoms with Gasteiger partial charge in [-0.25, -0.2) is 0 Å². The quantitative estimate of drug-likeness (QED) is 0.448. The highest BCUT2D eigenvalue weighted by Gasteiger charge is 2.47. The zero-order valence-corrected chi connectivity index (χ0v) is 20.0. The predicted octanol–water partition coefficient (Wildman–Crippen LogP) is 7.86. The number of fused-ring (bicyclic) bond motifs is 1. The predicted molar refractivity (Wildman–Crippen MR) is 123 cm³/mol. The van der Waals surface area contributed by atoms with Crippen molar-refractivity contribution in [1.82, 2.24) is 0 Å². The van der Waals surface area contributed by atoms with E-state index in [-0.39, 0.29) is 6.10 Å². The summed E-state index contributed by atoms with van der Waals surface area (Å²) in [6, 6.07) is 17.0. The number of thioether (sulfide) groups is 1. The number of rotatable bonds is 6. The van der Waals surface area contributed by atoms with Crippen LogP contribution in [0.15, 0.2) is 53.4 Å². The summed E-state index contributed by atoms with van der Waals surface area (Å²) in [5, 5.41) is 0.372. The zero-order chi connectivity index (χ0) is 20.5. The van der Waals surface area contributed by atoms with Gasteiger partial charge in [0.1, 0.15) is 17.6 Å². The molecule has 0 bridgehead atoms. The zero-order valence-electron chi connectivity index (χ0n) is 18.2. The van der Waals surface area contributed by atoms with Crippen molar-refractivity contribution in [2.24, 2.45) is 0 Å². The summed E-state index contributed by atoms with van der Waals surface area (Å²) in [6.45, 7) is 16.2. The molecule has 2 aromatic carbocycles. The highest BCUT2D eigenvalue weighted by molar-refractivity contribution is 8.00. The SMILES string of the molecule is CC1Sc2ccccc2OC1c1ccc(O[Si](C(C)C)(C(C)C)C(C)C)cc1. The lowest BCUT2D eigenvalue weighted by molar-refractivity contribution is 0.195. The first-order chi connectivity index (χ1) is 13.3. The van der Waals surface area contributed by atoms with Crippen LogP contribution in [0.25, 0.3) is 0 Å². The summed E-state index contributed by atoms with van der Waals surface area (Å²) >= 11 is 1.89. The average molecular weight is 415 g/mol. The van der Waals surface area contributed by atoms with Crippen molar-refractivity contribution in [3.8, 4) is 11.5 Å². The van der Waals surface area contributed by atoms with Gasteiger partial charge in [-0.2, -0.15) is 0 Å². The van der Waals surface area contributed by atoms with Crippen LogP contribution in [0.4, 0.5) is 0 Å². The summed E-state index contributed by atoms with van der Waals surface area (Å²) < 4.78 is 13.1. The molecule has 4 heteroatoms. The Morgan fingerprint density at radius 3 is 2.00 bits per heavy atom. The van der Waals surface area contributed by atoms with Crippen LogP contribution < -0.4 is 9.16 Å². The maximum Gasteiger partial charge on any atom is 0.258 e. The number of benzene rings is 2. The molecule has 152 valence electrons. The van der Waals surface area contributed by atoms with Gasteiger partial charge in [0.2, 0.25) is 0 Å². The second-order valence-electron chi connectivity index (χ2n) is 8.80. The first-order valence-electron chi connectivity index (χ1n) is 10.5. The van der Waals surface area contributed by atoms with Crippen LogP contribution in [0.2, 0.25) is 16.6 Å². The summed E-state index contributed by atoms with van der Waals surface area (Å²) in [7, 11) is -1.92. The molecule has 0 saturated carbocycles. The van der Waals surface area contributed by atoms with Gasteiger partial charge in [0.05, 0.1) is 0 Å². The Kier molecular flexibility index (Phi) is 6.50. The molecule has 3 rings (SSSR count). The van der Waals surface area contributed by atoms with E-state index in [9.17, 15) is 0 Å². The van der Waals surface area contributed by atoms with Crippen LogP contribution in [0, 0.1) is 0 Å². The van der Waals surface area contributed by atoms with E-state index < -0.39 is 8.32 Å². The van der Waals surface area contributed by atoms with Gasteiger partial charge in [-0.1, -0.05) is 65.8 Å². The molecule has 1 aliphatic rings. The average Bonchev–Trinajstić information content (AvgIpc) is 2.65. The van der Waals surface area contributed by atoms with E-state index in [1.807, 2.05) is 17.8 Å². The molecule has 2 nitrogen and oxygen atoms in total. The molecule has 0 fully saturated rings. The van der Waals surface area contributed by atoms with Gasteiger partial charge in [0.25, 0.3) is 8.32 Å². The van der Waals surface area contributed by atoms with Crippen LogP contribution in [0.1, 0.15) is 60.1 Å². The number of ether oxygens (including phenoxy) is 1. The third-order valence-electron chi connectivity index (χ3n) is 6.05. The van der Waals surface area contributed by atoms with Crippen molar-refractivity contribution in [3.05, 3.63) is 54.1 Å². The highest BCUT2D eigenvalue weighted by Crippen LogP contribution is 2.46. The monoisotopic (exact) mass is 414 g/mol. The van der Waals surface area contributed by atoms with Gasteiger partial charge in [-0.05, 0) is 53.4 Å². The van der Waals surface area contributed by atoms with E-state index in [1.165, 1.54) is 10.5 Å². The summed E-state index contributed by atoms with van der Waals surface area (Å²) in [6.07, 6.45) is 0.0660. The second kappa shape index (κ2) is 8.54. The molecule has 1 heterocycles. The maximum atomic E-state index is 6.80. The first kappa shape index (κ1) is 21.3. The Morgan fingerprint density at radius 2 is 1.43 bits per heavy atom. The summed E-state index contributed by atoms with van der Waals surface area (Å²) in [4.78, 5) is 1.23. The van der Waals surface area contributed by atoms with Crippen molar-refractivity contribution >= 4 is 20.1 Å².